The Kier molecular flexibility index (Phi) is 4.76. The topological polar surface area (TPSA) is 90.0 Å². The number of aryl methyl sites for hydroxylation is 1. The van der Waals surface area contributed by atoms with Gasteiger partial charge in [-0.2, -0.15) is 5.10 Å². The van der Waals surface area contributed by atoms with E-state index < -0.39 is 15.6 Å². The molecule has 0 amide bonds. The number of nitrogens with zero attached hydrogens (tertiary/aromatic N) is 2. The van der Waals surface area contributed by atoms with Crippen molar-refractivity contribution < 1.29 is 8.42 Å². The van der Waals surface area contributed by atoms with Crippen molar-refractivity contribution in [3.8, 4) is 0 Å². The third kappa shape index (κ3) is 3.55. The maximum atomic E-state index is 12.5. The average Bonchev–Trinajstić information content (AvgIpc) is 2.53. The molecule has 0 atom stereocenters. The summed E-state index contributed by atoms with van der Waals surface area (Å²) in [7, 11) is -3.56. The fraction of sp³-hybridized carbons (Fsp3) is 0.750. The highest BCUT2D eigenvalue weighted by Crippen LogP contribution is 2.21. The lowest BCUT2D eigenvalue weighted by molar-refractivity contribution is 0.439. The molecule has 0 spiro atoms. The lowest BCUT2D eigenvalue weighted by atomic mass is 10.0. The van der Waals surface area contributed by atoms with E-state index in [0.717, 1.165) is 0 Å². The molecule has 0 saturated carbocycles. The third-order valence-corrected chi connectivity index (χ3v) is 5.17. The summed E-state index contributed by atoms with van der Waals surface area (Å²) in [5, 5.41) is 4.24. The molecule has 0 bridgehead atoms. The van der Waals surface area contributed by atoms with Gasteiger partial charge in [-0.25, -0.2) is 13.1 Å². The third-order valence-electron chi connectivity index (χ3n) is 3.22. The molecule has 110 valence electrons. The van der Waals surface area contributed by atoms with Gasteiger partial charge in [0.25, 0.3) is 0 Å². The van der Waals surface area contributed by atoms with Crippen molar-refractivity contribution in [3.63, 3.8) is 0 Å². The molecule has 1 rings (SSSR count). The van der Waals surface area contributed by atoms with E-state index >= 15 is 0 Å². The second-order valence-corrected chi connectivity index (χ2v) is 6.97. The predicted octanol–water partition coefficient (Wildman–Crippen LogP) is 0.926. The molecule has 1 aromatic rings. The number of nitrogens with two attached hydrogens (primary N) is 1. The molecular formula is C12H24N4O2S. The summed E-state index contributed by atoms with van der Waals surface area (Å²) in [6, 6.07) is 0. The maximum Gasteiger partial charge on any atom is 0.244 e. The quantitative estimate of drug-likeness (QED) is 0.814. The molecule has 7 heteroatoms. The minimum Gasteiger partial charge on any atom is -0.329 e. The number of hydrogen-bond acceptors (Lipinski definition) is 4. The van der Waals surface area contributed by atoms with Crippen molar-refractivity contribution in [1.29, 1.82) is 0 Å². The van der Waals surface area contributed by atoms with Crippen molar-refractivity contribution in [2.75, 3.05) is 6.54 Å². The minimum atomic E-state index is -3.56. The fourth-order valence-corrected chi connectivity index (χ4v) is 3.79. The van der Waals surface area contributed by atoms with Crippen molar-refractivity contribution in [3.05, 3.63) is 11.4 Å². The molecular weight excluding hydrogens is 264 g/mol. The molecule has 0 aromatic carbocycles. The van der Waals surface area contributed by atoms with Crippen LogP contribution in [-0.4, -0.2) is 30.3 Å². The number of nitrogens with one attached hydrogen (secondary N) is 1. The van der Waals surface area contributed by atoms with Gasteiger partial charge in [-0.05, 0) is 34.1 Å². The van der Waals surface area contributed by atoms with E-state index in [-0.39, 0.29) is 4.90 Å². The maximum absolute atomic E-state index is 12.5. The molecule has 19 heavy (non-hydrogen) atoms. The van der Waals surface area contributed by atoms with Gasteiger partial charge in [-0.1, -0.05) is 6.92 Å². The highest BCUT2D eigenvalue weighted by molar-refractivity contribution is 7.89. The zero-order chi connectivity index (χ0) is 14.8. The molecule has 6 nitrogen and oxygen atoms in total. The van der Waals surface area contributed by atoms with Crippen LogP contribution in [0.15, 0.2) is 4.90 Å². The number of rotatable bonds is 6. The van der Waals surface area contributed by atoms with Crippen molar-refractivity contribution in [2.24, 2.45) is 5.73 Å². The van der Waals surface area contributed by atoms with E-state index in [9.17, 15) is 8.42 Å². The second-order valence-electron chi connectivity index (χ2n) is 5.35. The fourth-order valence-electron chi connectivity index (χ4n) is 1.90. The lowest BCUT2D eigenvalue weighted by Gasteiger charge is -2.24. The van der Waals surface area contributed by atoms with Crippen LogP contribution in [0.2, 0.25) is 0 Å². The van der Waals surface area contributed by atoms with Crippen LogP contribution in [0.1, 0.15) is 38.6 Å². The van der Waals surface area contributed by atoms with E-state index in [1.54, 1.807) is 18.5 Å². The Balaban J connectivity index is 3.22. The first kappa shape index (κ1) is 16.1. The Labute approximate surface area is 115 Å². The van der Waals surface area contributed by atoms with E-state index in [0.29, 0.717) is 30.9 Å². The van der Waals surface area contributed by atoms with Gasteiger partial charge < -0.3 is 5.73 Å². The van der Waals surface area contributed by atoms with Gasteiger partial charge in [-0.15, -0.1) is 0 Å². The second kappa shape index (κ2) is 5.60. The molecule has 0 unspecified atom stereocenters. The average molecular weight is 288 g/mol. The lowest BCUT2D eigenvalue weighted by Crippen LogP contribution is -2.43. The Morgan fingerprint density at radius 2 is 1.95 bits per heavy atom. The summed E-state index contributed by atoms with van der Waals surface area (Å²) >= 11 is 0. The molecule has 0 radical (unpaired) electrons. The molecule has 0 fully saturated rings. The largest absolute Gasteiger partial charge is 0.329 e. The SMILES string of the molecule is CCC(C)(C)NS(=O)(=O)c1c(C)nn(CCN)c1C. The van der Waals surface area contributed by atoms with Crippen LogP contribution >= 0.6 is 0 Å². The predicted molar refractivity (Wildman–Crippen MR) is 75.4 cm³/mol. The molecule has 1 aromatic heterocycles. The van der Waals surface area contributed by atoms with Gasteiger partial charge in [0.05, 0.1) is 17.9 Å². The van der Waals surface area contributed by atoms with Gasteiger partial charge >= 0.3 is 0 Å². The summed E-state index contributed by atoms with van der Waals surface area (Å²) in [4.78, 5) is 0.266. The Hall–Kier alpha value is -0.920. The molecule has 0 aliphatic carbocycles. The smallest absolute Gasteiger partial charge is 0.244 e. The molecule has 0 aliphatic rings. The number of hydrogen-bond donors (Lipinski definition) is 2. The zero-order valence-electron chi connectivity index (χ0n) is 12.3. The Morgan fingerprint density at radius 1 is 1.37 bits per heavy atom. The summed E-state index contributed by atoms with van der Waals surface area (Å²) in [5.41, 5.74) is 6.15. The normalized spacial score (nSPS) is 12.9. The Bertz CT molecular complexity index is 546. The summed E-state index contributed by atoms with van der Waals surface area (Å²) in [6.45, 7) is 10.1. The van der Waals surface area contributed by atoms with Crippen molar-refractivity contribution in [1.82, 2.24) is 14.5 Å². The summed E-state index contributed by atoms with van der Waals surface area (Å²) in [6.07, 6.45) is 0.710. The highest BCUT2D eigenvalue weighted by atomic mass is 32.2. The van der Waals surface area contributed by atoms with E-state index in [1.165, 1.54) is 0 Å². The van der Waals surface area contributed by atoms with Gasteiger partial charge in [0.2, 0.25) is 10.0 Å². The van der Waals surface area contributed by atoms with Crippen LogP contribution in [0.3, 0.4) is 0 Å². The first-order valence-corrected chi connectivity index (χ1v) is 7.91. The van der Waals surface area contributed by atoms with Gasteiger partial charge in [0, 0.05) is 12.1 Å². The monoisotopic (exact) mass is 288 g/mol. The van der Waals surface area contributed by atoms with E-state index in [1.807, 2.05) is 20.8 Å². The number of sulfonamides is 1. The summed E-state index contributed by atoms with van der Waals surface area (Å²) in [5.74, 6) is 0. The van der Waals surface area contributed by atoms with Crippen LogP contribution in [0.5, 0.6) is 0 Å². The number of aromatic nitrogens is 2. The molecule has 0 saturated heterocycles. The molecule has 3 N–H and O–H groups in total. The standard InChI is InChI=1S/C12H24N4O2S/c1-6-12(4,5)15-19(17,18)11-9(2)14-16(8-7-13)10(11)3/h15H,6-8,13H2,1-5H3. The van der Waals surface area contributed by atoms with Crippen LogP contribution in [0.25, 0.3) is 0 Å². The molecule has 0 aliphatic heterocycles. The van der Waals surface area contributed by atoms with Crippen LogP contribution in [-0.2, 0) is 16.6 Å². The first-order chi connectivity index (χ1) is 8.64. The van der Waals surface area contributed by atoms with E-state index in [2.05, 4.69) is 9.82 Å². The van der Waals surface area contributed by atoms with Crippen LogP contribution in [0.4, 0.5) is 0 Å². The Morgan fingerprint density at radius 3 is 2.42 bits per heavy atom. The van der Waals surface area contributed by atoms with E-state index in [4.69, 9.17) is 5.73 Å². The van der Waals surface area contributed by atoms with Crippen molar-refractivity contribution in [2.45, 2.75) is 58.0 Å². The van der Waals surface area contributed by atoms with Gasteiger partial charge in [0.15, 0.2) is 0 Å². The highest BCUT2D eigenvalue weighted by Gasteiger charge is 2.29. The zero-order valence-corrected chi connectivity index (χ0v) is 13.1. The minimum absolute atomic E-state index is 0.266. The van der Waals surface area contributed by atoms with Crippen molar-refractivity contribution >= 4 is 10.0 Å². The van der Waals surface area contributed by atoms with Crippen LogP contribution < -0.4 is 10.5 Å². The van der Waals surface area contributed by atoms with Gasteiger partial charge in [-0.3, -0.25) is 4.68 Å². The first-order valence-electron chi connectivity index (χ1n) is 6.42. The summed E-state index contributed by atoms with van der Waals surface area (Å²) < 4.78 is 29.3. The molecule has 1 heterocycles. The van der Waals surface area contributed by atoms with Crippen LogP contribution in [0, 0.1) is 13.8 Å². The van der Waals surface area contributed by atoms with Gasteiger partial charge in [0.1, 0.15) is 4.90 Å².